The largest absolute Gasteiger partial charge is 0.394 e. The predicted octanol–water partition coefficient (Wildman–Crippen LogP) is 6.93. The smallest absolute Gasteiger partial charge is 0.220 e. The number of amides is 1. The standard InChI is InChI=1S/C66H111NO18/c1-3-5-7-9-10-11-12-13-14-15-16-17-18-19-20-21-22-23-24-25-26-27-28-29-30-31-32-33-34-35-36-37-38-40-42-44-54(72)67-49(50(71)43-41-39-8-6-4-2)48-80-64-60(78)57(75)62(52(46-69)82-64)85-66-61(79)58(76)63(53(47-70)83-66)84-65-59(77)56(74)55(73)51(45-68)81-65/h5,7,10-11,13-14,16-17,19-20,22-23,25-26,41,43,49-53,55-66,68-71,73-79H,3-4,6,8-9,12,15,18,21,24,27-40,42,44-48H2,1-2H3,(H,67,72)/b7-5-,11-10-,14-13-,17-16-,20-19-,23-22-,26-25-,43-41+. The summed E-state index contributed by atoms with van der Waals surface area (Å²) >= 11 is 0. The van der Waals surface area contributed by atoms with Crippen molar-refractivity contribution in [3.8, 4) is 0 Å². The number of rotatable bonds is 46. The summed E-state index contributed by atoms with van der Waals surface area (Å²) in [6, 6.07) is -0.975. The molecule has 0 aliphatic carbocycles. The molecule has 3 fully saturated rings. The maximum Gasteiger partial charge on any atom is 0.220 e. The van der Waals surface area contributed by atoms with Crippen LogP contribution in [0.1, 0.15) is 181 Å². The fourth-order valence-electron chi connectivity index (χ4n) is 10.2. The van der Waals surface area contributed by atoms with E-state index in [0.29, 0.717) is 6.42 Å². The summed E-state index contributed by atoms with van der Waals surface area (Å²) in [6.07, 6.45) is 34.8. The van der Waals surface area contributed by atoms with E-state index in [2.05, 4.69) is 104 Å². The molecular formula is C66H111NO18. The summed E-state index contributed by atoms with van der Waals surface area (Å²) in [7, 11) is 0. The lowest BCUT2D eigenvalue weighted by atomic mass is 9.96. The number of carbonyl (C=O) groups excluding carboxylic acids is 1. The number of aliphatic hydroxyl groups excluding tert-OH is 11. The first-order valence-corrected chi connectivity index (χ1v) is 32.0. The van der Waals surface area contributed by atoms with E-state index < -0.39 is 124 Å². The third kappa shape index (κ3) is 30.7. The Bertz CT molecular complexity index is 1920. The quantitative estimate of drug-likeness (QED) is 0.0217. The Hall–Kier alpha value is -3.29. The van der Waals surface area contributed by atoms with E-state index in [1.807, 2.05) is 6.08 Å². The van der Waals surface area contributed by atoms with Crippen molar-refractivity contribution in [2.75, 3.05) is 26.4 Å². The van der Waals surface area contributed by atoms with Crippen molar-refractivity contribution in [2.45, 2.75) is 285 Å². The molecule has 0 bridgehead atoms. The van der Waals surface area contributed by atoms with E-state index in [-0.39, 0.29) is 18.9 Å². The number of hydrogen-bond acceptors (Lipinski definition) is 18. The Balaban J connectivity index is 1.29. The van der Waals surface area contributed by atoms with E-state index in [1.54, 1.807) is 6.08 Å². The van der Waals surface area contributed by atoms with E-state index in [0.717, 1.165) is 103 Å². The van der Waals surface area contributed by atoms with Gasteiger partial charge in [-0.3, -0.25) is 4.79 Å². The number of hydrogen-bond donors (Lipinski definition) is 12. The van der Waals surface area contributed by atoms with Crippen molar-refractivity contribution in [3.63, 3.8) is 0 Å². The number of ether oxygens (including phenoxy) is 6. The van der Waals surface area contributed by atoms with Crippen molar-refractivity contribution < 1.29 is 89.4 Å². The minimum Gasteiger partial charge on any atom is -0.394 e. The molecular weight excluding hydrogens is 1090 g/mol. The van der Waals surface area contributed by atoms with Crippen molar-refractivity contribution in [1.82, 2.24) is 5.32 Å². The zero-order chi connectivity index (χ0) is 61.9. The molecule has 0 aromatic heterocycles. The van der Waals surface area contributed by atoms with Gasteiger partial charge in [0, 0.05) is 6.42 Å². The van der Waals surface area contributed by atoms with Gasteiger partial charge in [-0.15, -0.1) is 0 Å². The highest BCUT2D eigenvalue weighted by Crippen LogP contribution is 2.33. The topological polar surface area (TPSA) is 307 Å². The highest BCUT2D eigenvalue weighted by atomic mass is 16.8. The Morgan fingerprint density at radius 2 is 0.812 bits per heavy atom. The van der Waals surface area contributed by atoms with Gasteiger partial charge in [0.25, 0.3) is 0 Å². The molecule has 1 amide bonds. The molecule has 0 radical (unpaired) electrons. The number of unbranched alkanes of at least 4 members (excludes halogenated alkanes) is 16. The van der Waals surface area contributed by atoms with E-state index in [4.69, 9.17) is 28.4 Å². The molecule has 85 heavy (non-hydrogen) atoms. The average Bonchev–Trinajstić information content (AvgIpc) is 2.21. The van der Waals surface area contributed by atoms with Gasteiger partial charge in [-0.05, 0) is 77.0 Å². The van der Waals surface area contributed by atoms with Crippen molar-refractivity contribution >= 4 is 5.91 Å². The third-order valence-electron chi connectivity index (χ3n) is 15.4. The molecule has 17 atom stereocenters. The van der Waals surface area contributed by atoms with Gasteiger partial charge in [-0.25, -0.2) is 0 Å². The first-order valence-electron chi connectivity index (χ1n) is 32.0. The normalized spacial score (nSPS) is 29.6. The molecule has 3 aliphatic rings. The van der Waals surface area contributed by atoms with Crippen LogP contribution >= 0.6 is 0 Å². The Morgan fingerprint density at radius 1 is 0.435 bits per heavy atom. The molecule has 3 saturated heterocycles. The van der Waals surface area contributed by atoms with Crippen LogP contribution in [0.2, 0.25) is 0 Å². The molecule has 17 unspecified atom stereocenters. The highest BCUT2D eigenvalue weighted by Gasteiger charge is 2.53. The molecule has 3 rings (SSSR count). The SMILES string of the molecule is CC/C=C\C/C=C\C/C=C\C/C=C\C/C=C\C/C=C\C/C=C\CCCCCCCCCCCCCCCC(=O)NC(COC1OC(CO)C(OC2OC(CO)C(OC3OC(CO)C(O)C(O)C3O)C(O)C2O)C(O)C1O)C(O)/C=C/CCCCC. The van der Waals surface area contributed by atoms with Crippen LogP contribution in [0, 0.1) is 0 Å². The van der Waals surface area contributed by atoms with Crippen LogP contribution in [0.15, 0.2) is 97.2 Å². The van der Waals surface area contributed by atoms with Crippen molar-refractivity contribution in [1.29, 1.82) is 0 Å². The van der Waals surface area contributed by atoms with Crippen LogP contribution in [-0.2, 0) is 33.2 Å². The zero-order valence-electron chi connectivity index (χ0n) is 51.0. The molecule has 0 spiro atoms. The molecule has 12 N–H and O–H groups in total. The van der Waals surface area contributed by atoms with Crippen molar-refractivity contribution in [2.24, 2.45) is 0 Å². The van der Waals surface area contributed by atoms with E-state index in [1.165, 1.54) is 51.4 Å². The first kappa shape index (κ1) is 76.0. The molecule has 3 heterocycles. The summed E-state index contributed by atoms with van der Waals surface area (Å²) in [5, 5.41) is 120. The van der Waals surface area contributed by atoms with E-state index in [9.17, 15) is 61.0 Å². The van der Waals surface area contributed by atoms with Gasteiger partial charge in [0.1, 0.15) is 73.2 Å². The van der Waals surface area contributed by atoms with Gasteiger partial charge in [0.05, 0.1) is 38.6 Å². The average molecular weight is 1210 g/mol. The second-order valence-corrected chi connectivity index (χ2v) is 22.5. The molecule has 0 aromatic carbocycles. The predicted molar refractivity (Wildman–Crippen MR) is 327 cm³/mol. The Kier molecular flexibility index (Phi) is 42.6. The van der Waals surface area contributed by atoms with Gasteiger partial charge in [-0.1, -0.05) is 195 Å². The number of nitrogens with one attached hydrogen (secondary N) is 1. The lowest BCUT2D eigenvalue weighted by Gasteiger charge is -2.48. The molecule has 0 saturated carbocycles. The maximum atomic E-state index is 13.2. The number of allylic oxidation sites excluding steroid dienone is 15. The molecule has 3 aliphatic heterocycles. The maximum absolute atomic E-state index is 13.2. The summed E-state index contributed by atoms with van der Waals surface area (Å²) < 4.78 is 34.1. The van der Waals surface area contributed by atoms with Gasteiger partial charge >= 0.3 is 0 Å². The Labute approximate surface area is 507 Å². The molecule has 0 aromatic rings. The Morgan fingerprint density at radius 3 is 1.27 bits per heavy atom. The minimum atomic E-state index is -1.98. The lowest BCUT2D eigenvalue weighted by Crippen LogP contribution is -2.66. The highest BCUT2D eigenvalue weighted by molar-refractivity contribution is 5.76. The fourth-order valence-corrected chi connectivity index (χ4v) is 10.2. The summed E-state index contributed by atoms with van der Waals surface area (Å²) in [5.74, 6) is -0.289. The van der Waals surface area contributed by atoms with Crippen LogP contribution in [0.4, 0.5) is 0 Å². The van der Waals surface area contributed by atoms with Crippen LogP contribution in [0.5, 0.6) is 0 Å². The van der Waals surface area contributed by atoms with Crippen LogP contribution < -0.4 is 5.32 Å². The van der Waals surface area contributed by atoms with Crippen LogP contribution in [0.25, 0.3) is 0 Å². The lowest BCUT2D eigenvalue weighted by molar-refractivity contribution is -0.379. The van der Waals surface area contributed by atoms with Gasteiger partial charge in [0.2, 0.25) is 5.91 Å². The minimum absolute atomic E-state index is 0.235. The van der Waals surface area contributed by atoms with E-state index >= 15 is 0 Å². The molecule has 19 heteroatoms. The second kappa shape index (κ2) is 47.7. The zero-order valence-corrected chi connectivity index (χ0v) is 51.0. The monoisotopic (exact) mass is 1210 g/mol. The van der Waals surface area contributed by atoms with Crippen LogP contribution in [-0.4, -0.2) is 193 Å². The molecule has 488 valence electrons. The third-order valence-corrected chi connectivity index (χ3v) is 15.4. The van der Waals surface area contributed by atoms with Crippen molar-refractivity contribution in [3.05, 3.63) is 97.2 Å². The summed E-state index contributed by atoms with van der Waals surface area (Å²) in [4.78, 5) is 13.2. The number of aliphatic hydroxyl groups is 11. The van der Waals surface area contributed by atoms with Crippen LogP contribution in [0.3, 0.4) is 0 Å². The van der Waals surface area contributed by atoms with Gasteiger partial charge < -0.3 is 89.9 Å². The fraction of sp³-hybridized carbons (Fsp3) is 0.742. The van der Waals surface area contributed by atoms with Gasteiger partial charge in [-0.2, -0.15) is 0 Å². The molecule has 19 nitrogen and oxygen atoms in total. The summed E-state index contributed by atoms with van der Waals surface area (Å²) in [6.45, 7) is 1.45. The summed E-state index contributed by atoms with van der Waals surface area (Å²) in [5.41, 5.74) is 0. The van der Waals surface area contributed by atoms with Gasteiger partial charge in [0.15, 0.2) is 18.9 Å². The first-order chi connectivity index (χ1) is 41.3. The number of carbonyl (C=O) groups is 1. The second-order valence-electron chi connectivity index (χ2n) is 22.5.